The Balaban J connectivity index is 1.21. The van der Waals surface area contributed by atoms with Crippen LogP contribution in [0, 0.1) is 6.92 Å². The van der Waals surface area contributed by atoms with Gasteiger partial charge in [0.2, 0.25) is 5.91 Å². The summed E-state index contributed by atoms with van der Waals surface area (Å²) in [5.74, 6) is -1.06. The molecule has 0 fully saturated rings. The van der Waals surface area contributed by atoms with Gasteiger partial charge in [-0.2, -0.15) is 0 Å². The van der Waals surface area contributed by atoms with Crippen molar-refractivity contribution in [1.29, 1.82) is 0 Å². The number of nitrogens with one attached hydrogen (secondary N) is 4. The van der Waals surface area contributed by atoms with Gasteiger partial charge in [-0.25, -0.2) is 0 Å². The third kappa shape index (κ3) is 7.86. The Kier molecular flexibility index (Phi) is 10.0. The highest BCUT2D eigenvalue weighted by Gasteiger charge is 2.23. The molecular formula is C39H31ClN4O3S. The number of aromatic nitrogens is 1. The number of rotatable bonds is 10. The standard InChI is InChI=1S/C39H31ClN4O3S/c1-25-22-30(18-21-33(25)40)43-39(47)36(26-10-4-2-5-11-26)48-31-19-16-29(17-20-31)42-38(46)35(44-37(45)27-12-6-3-7-13-27)23-28-24-41-34-15-9-8-14-32(28)34/h2-24,36,41H,1H3,(H,42,46)(H,43,47)(H,44,45)/b35-23-/t36-/m1/s1. The molecular weight excluding hydrogens is 640 g/mol. The molecule has 9 heteroatoms. The first kappa shape index (κ1) is 32.4. The number of halogens is 1. The summed E-state index contributed by atoms with van der Waals surface area (Å²) in [6, 6.07) is 38.6. The Morgan fingerprint density at radius 2 is 1.44 bits per heavy atom. The normalized spacial score (nSPS) is 11.9. The van der Waals surface area contributed by atoms with Crippen molar-refractivity contribution >= 4 is 69.4 Å². The number of carbonyl (C=O) groups excluding carboxylic acids is 3. The number of fused-ring (bicyclic) bond motifs is 1. The van der Waals surface area contributed by atoms with Gasteiger partial charge in [-0.05, 0) is 84.8 Å². The Bertz CT molecular complexity index is 2110. The van der Waals surface area contributed by atoms with Crippen molar-refractivity contribution in [1.82, 2.24) is 10.3 Å². The summed E-state index contributed by atoms with van der Waals surface area (Å²) in [6.45, 7) is 1.89. The fourth-order valence-electron chi connectivity index (χ4n) is 5.09. The van der Waals surface area contributed by atoms with Gasteiger partial charge in [0.15, 0.2) is 0 Å². The van der Waals surface area contributed by atoms with Crippen molar-refractivity contribution in [3.05, 3.63) is 167 Å². The minimum Gasteiger partial charge on any atom is -0.361 e. The molecule has 7 nitrogen and oxygen atoms in total. The van der Waals surface area contributed by atoms with Crippen molar-refractivity contribution in [3.8, 4) is 0 Å². The topological polar surface area (TPSA) is 103 Å². The highest BCUT2D eigenvalue weighted by Crippen LogP contribution is 2.37. The van der Waals surface area contributed by atoms with E-state index in [1.54, 1.807) is 60.8 Å². The number of carbonyl (C=O) groups is 3. The highest BCUT2D eigenvalue weighted by atomic mass is 35.5. The Hall–Kier alpha value is -5.57. The number of H-pyrrole nitrogens is 1. The van der Waals surface area contributed by atoms with E-state index >= 15 is 0 Å². The molecule has 0 bridgehead atoms. The van der Waals surface area contributed by atoms with Crippen LogP contribution < -0.4 is 16.0 Å². The van der Waals surface area contributed by atoms with Crippen molar-refractivity contribution < 1.29 is 14.4 Å². The summed E-state index contributed by atoms with van der Waals surface area (Å²) < 4.78 is 0. The van der Waals surface area contributed by atoms with E-state index in [0.29, 0.717) is 22.0 Å². The van der Waals surface area contributed by atoms with Gasteiger partial charge >= 0.3 is 0 Å². The number of aryl methyl sites for hydroxylation is 1. The summed E-state index contributed by atoms with van der Waals surface area (Å²) in [4.78, 5) is 44.3. The van der Waals surface area contributed by atoms with Crippen LogP contribution in [0.3, 0.4) is 0 Å². The first-order chi connectivity index (χ1) is 23.3. The van der Waals surface area contributed by atoms with Gasteiger partial charge < -0.3 is 20.9 Å². The summed E-state index contributed by atoms with van der Waals surface area (Å²) in [5, 5.41) is 9.72. The Morgan fingerprint density at radius 1 is 0.771 bits per heavy atom. The van der Waals surface area contributed by atoms with Crippen molar-refractivity contribution in [2.75, 3.05) is 10.6 Å². The van der Waals surface area contributed by atoms with Gasteiger partial charge in [-0.1, -0.05) is 78.3 Å². The molecule has 0 spiro atoms. The monoisotopic (exact) mass is 670 g/mol. The first-order valence-corrected chi connectivity index (χ1v) is 16.4. The molecule has 0 aliphatic heterocycles. The molecule has 1 heterocycles. The molecule has 6 rings (SSSR count). The number of benzene rings is 5. The maximum Gasteiger partial charge on any atom is 0.272 e. The number of hydrogen-bond acceptors (Lipinski definition) is 4. The molecule has 238 valence electrons. The van der Waals surface area contributed by atoms with E-state index in [1.807, 2.05) is 85.8 Å². The molecule has 4 N–H and O–H groups in total. The molecule has 0 unspecified atom stereocenters. The molecule has 1 atom stereocenters. The first-order valence-electron chi connectivity index (χ1n) is 15.2. The lowest BCUT2D eigenvalue weighted by Crippen LogP contribution is -2.30. The molecule has 48 heavy (non-hydrogen) atoms. The zero-order valence-corrected chi connectivity index (χ0v) is 27.4. The van der Waals surface area contributed by atoms with E-state index < -0.39 is 17.1 Å². The zero-order valence-electron chi connectivity index (χ0n) is 25.9. The largest absolute Gasteiger partial charge is 0.361 e. The lowest BCUT2D eigenvalue weighted by Gasteiger charge is -2.18. The van der Waals surface area contributed by atoms with E-state index in [1.165, 1.54) is 11.8 Å². The maximum atomic E-state index is 13.6. The van der Waals surface area contributed by atoms with Crippen molar-refractivity contribution in [3.63, 3.8) is 0 Å². The van der Waals surface area contributed by atoms with E-state index in [-0.39, 0.29) is 11.6 Å². The van der Waals surface area contributed by atoms with Crippen LogP contribution in [-0.2, 0) is 9.59 Å². The number of para-hydroxylation sites is 1. The van der Waals surface area contributed by atoms with E-state index in [4.69, 9.17) is 11.6 Å². The van der Waals surface area contributed by atoms with Crippen LogP contribution in [-0.4, -0.2) is 22.7 Å². The lowest BCUT2D eigenvalue weighted by atomic mass is 10.1. The van der Waals surface area contributed by atoms with Gasteiger partial charge in [0, 0.05) is 49.5 Å². The van der Waals surface area contributed by atoms with Gasteiger partial charge in [-0.3, -0.25) is 14.4 Å². The number of thioether (sulfide) groups is 1. The Labute approximate surface area is 287 Å². The summed E-state index contributed by atoms with van der Waals surface area (Å²) in [6.07, 6.45) is 3.45. The SMILES string of the molecule is Cc1cc(NC(=O)[C@H](Sc2ccc(NC(=O)/C(=C/c3c[nH]c4ccccc34)NC(=O)c3ccccc3)cc2)c2ccccc2)ccc1Cl. The molecule has 0 radical (unpaired) electrons. The summed E-state index contributed by atoms with van der Waals surface area (Å²) in [5.41, 5.74) is 5.11. The highest BCUT2D eigenvalue weighted by molar-refractivity contribution is 8.00. The van der Waals surface area contributed by atoms with Gasteiger partial charge in [0.25, 0.3) is 11.8 Å². The van der Waals surface area contributed by atoms with Gasteiger partial charge in [0.05, 0.1) is 0 Å². The van der Waals surface area contributed by atoms with Crippen LogP contribution in [0.2, 0.25) is 5.02 Å². The number of amides is 3. The van der Waals surface area contributed by atoms with Crippen LogP contribution in [0.1, 0.15) is 32.3 Å². The Morgan fingerprint density at radius 3 is 2.17 bits per heavy atom. The second kappa shape index (κ2) is 14.9. The summed E-state index contributed by atoms with van der Waals surface area (Å²) >= 11 is 7.58. The second-order valence-electron chi connectivity index (χ2n) is 11.0. The zero-order chi connectivity index (χ0) is 33.5. The molecule has 1 aromatic heterocycles. The summed E-state index contributed by atoms with van der Waals surface area (Å²) in [7, 11) is 0. The van der Waals surface area contributed by atoms with Crippen LogP contribution in [0.4, 0.5) is 11.4 Å². The van der Waals surface area contributed by atoms with Crippen molar-refractivity contribution in [2.45, 2.75) is 17.1 Å². The van der Waals surface area contributed by atoms with Crippen LogP contribution in [0.5, 0.6) is 0 Å². The quantitative estimate of drug-likeness (QED) is 0.0863. The van der Waals surface area contributed by atoms with Crippen LogP contribution in [0.25, 0.3) is 17.0 Å². The maximum absolute atomic E-state index is 13.6. The fourth-order valence-corrected chi connectivity index (χ4v) is 6.24. The molecule has 0 saturated carbocycles. The molecule has 6 aromatic rings. The minimum absolute atomic E-state index is 0.0882. The van der Waals surface area contributed by atoms with Crippen molar-refractivity contribution in [2.24, 2.45) is 0 Å². The predicted molar refractivity (Wildman–Crippen MR) is 195 cm³/mol. The molecule has 0 aliphatic carbocycles. The number of hydrogen-bond donors (Lipinski definition) is 4. The number of anilines is 2. The fraction of sp³-hybridized carbons (Fsp3) is 0.0513. The second-order valence-corrected chi connectivity index (χ2v) is 12.6. The van der Waals surface area contributed by atoms with E-state index in [2.05, 4.69) is 20.9 Å². The predicted octanol–water partition coefficient (Wildman–Crippen LogP) is 9.01. The average molecular weight is 671 g/mol. The third-order valence-electron chi connectivity index (χ3n) is 7.58. The lowest BCUT2D eigenvalue weighted by molar-refractivity contribution is -0.116. The van der Waals surface area contributed by atoms with E-state index in [0.717, 1.165) is 32.5 Å². The smallest absolute Gasteiger partial charge is 0.272 e. The third-order valence-corrected chi connectivity index (χ3v) is 9.27. The number of aromatic amines is 1. The molecule has 3 amide bonds. The minimum atomic E-state index is -0.540. The van der Waals surface area contributed by atoms with E-state index in [9.17, 15) is 14.4 Å². The molecule has 0 saturated heterocycles. The average Bonchev–Trinajstić information content (AvgIpc) is 3.52. The van der Waals surface area contributed by atoms with Gasteiger partial charge in [0.1, 0.15) is 10.9 Å². The molecule has 0 aliphatic rings. The molecule has 5 aromatic carbocycles. The van der Waals surface area contributed by atoms with Crippen LogP contribution >= 0.6 is 23.4 Å². The van der Waals surface area contributed by atoms with Gasteiger partial charge in [-0.15, -0.1) is 11.8 Å². The van der Waals surface area contributed by atoms with Crippen LogP contribution in [0.15, 0.2) is 144 Å².